The van der Waals surface area contributed by atoms with Crippen LogP contribution in [0.5, 0.6) is 0 Å². The van der Waals surface area contributed by atoms with Crippen molar-refractivity contribution in [2.45, 2.75) is 51.0 Å². The van der Waals surface area contributed by atoms with Crippen molar-refractivity contribution in [2.75, 3.05) is 57.5 Å². The van der Waals surface area contributed by atoms with Gasteiger partial charge in [-0.05, 0) is 56.7 Å². The van der Waals surface area contributed by atoms with Crippen LogP contribution in [-0.2, 0) is 15.9 Å². The molecule has 204 valence electrons. The number of imidazole rings is 1. The van der Waals surface area contributed by atoms with Gasteiger partial charge in [0.2, 0.25) is 0 Å². The number of rotatable bonds is 8. The fourth-order valence-electron chi connectivity index (χ4n) is 6.11. The van der Waals surface area contributed by atoms with Gasteiger partial charge in [0, 0.05) is 51.4 Å². The van der Waals surface area contributed by atoms with Crippen LogP contribution in [0.1, 0.15) is 50.2 Å². The lowest BCUT2D eigenvalue weighted by atomic mass is 10.0. The van der Waals surface area contributed by atoms with E-state index in [1.165, 1.54) is 17.5 Å². The summed E-state index contributed by atoms with van der Waals surface area (Å²) in [7, 11) is 0. The van der Waals surface area contributed by atoms with E-state index in [2.05, 4.69) is 14.8 Å². The van der Waals surface area contributed by atoms with E-state index in [0.717, 1.165) is 57.7 Å². The Morgan fingerprint density at radius 2 is 1.66 bits per heavy atom. The van der Waals surface area contributed by atoms with Gasteiger partial charge in [0.1, 0.15) is 17.5 Å². The molecule has 0 saturated carbocycles. The molecule has 0 radical (unpaired) electrons. The number of hydrogen-bond acceptors (Lipinski definition) is 7. The Hall–Kier alpha value is -2.69. The van der Waals surface area contributed by atoms with Crippen molar-refractivity contribution in [2.24, 2.45) is 5.92 Å². The highest BCUT2D eigenvalue weighted by Crippen LogP contribution is 2.30. The number of halogens is 2. The Balaban J connectivity index is 1.22. The third kappa shape index (κ3) is 5.53. The normalized spacial score (nSPS) is 21.7. The summed E-state index contributed by atoms with van der Waals surface area (Å²) < 4.78 is 40.7. The third-order valence-corrected chi connectivity index (χ3v) is 8.13. The van der Waals surface area contributed by atoms with Crippen LogP contribution in [0.15, 0.2) is 30.3 Å². The monoisotopic (exact) mass is 526 g/mol. The van der Waals surface area contributed by atoms with Crippen molar-refractivity contribution in [1.82, 2.24) is 24.4 Å². The summed E-state index contributed by atoms with van der Waals surface area (Å²) in [6.07, 6.45) is 3.61. The van der Waals surface area contributed by atoms with Gasteiger partial charge in [-0.15, -0.1) is 0 Å². The number of fused-ring (bicyclic) bond motifs is 1. The summed E-state index contributed by atoms with van der Waals surface area (Å²) in [5.41, 5.74) is 1.16. The summed E-state index contributed by atoms with van der Waals surface area (Å²) in [5, 5.41) is 0. The fourth-order valence-corrected chi connectivity index (χ4v) is 6.11. The van der Waals surface area contributed by atoms with Crippen molar-refractivity contribution >= 4 is 16.9 Å². The Morgan fingerprint density at radius 3 is 2.47 bits per heavy atom. The first-order chi connectivity index (χ1) is 18.7. The molecule has 0 amide bonds. The minimum absolute atomic E-state index is 0.289. The zero-order valence-electron chi connectivity index (χ0n) is 21.8. The van der Waals surface area contributed by atoms with Crippen LogP contribution in [-0.4, -0.2) is 83.1 Å². The van der Waals surface area contributed by atoms with Crippen LogP contribution >= 0.6 is 0 Å². The maximum absolute atomic E-state index is 14.1. The molecule has 38 heavy (non-hydrogen) atoms. The van der Waals surface area contributed by atoms with Gasteiger partial charge in [-0.3, -0.25) is 9.47 Å². The Morgan fingerprint density at radius 1 is 0.895 bits per heavy atom. The van der Waals surface area contributed by atoms with Gasteiger partial charge in [0.05, 0.1) is 24.2 Å². The number of alkyl halides is 2. The molecule has 0 spiro atoms. The SMILES string of the molecule is FC(F)c1nc2ccccc2n1-c1cc(N2CCOCC2)nc(CCC[C@H]2CCN(C3CCOCC3)C2)n1. The predicted molar refractivity (Wildman–Crippen MR) is 141 cm³/mol. The second-order valence-corrected chi connectivity index (χ2v) is 10.6. The van der Waals surface area contributed by atoms with E-state index >= 15 is 0 Å². The summed E-state index contributed by atoms with van der Waals surface area (Å²) in [6.45, 7) is 6.76. The number of likely N-dealkylation sites (tertiary alicyclic amines) is 1. The predicted octanol–water partition coefficient (Wildman–Crippen LogP) is 4.41. The van der Waals surface area contributed by atoms with Crippen molar-refractivity contribution < 1.29 is 18.3 Å². The topological polar surface area (TPSA) is 68.5 Å². The van der Waals surface area contributed by atoms with Crippen molar-refractivity contribution in [1.29, 1.82) is 0 Å². The van der Waals surface area contributed by atoms with Gasteiger partial charge in [0.15, 0.2) is 5.82 Å². The molecule has 3 aliphatic heterocycles. The lowest BCUT2D eigenvalue weighted by Crippen LogP contribution is -2.37. The smallest absolute Gasteiger partial charge is 0.296 e. The van der Waals surface area contributed by atoms with Gasteiger partial charge in [-0.1, -0.05) is 12.1 Å². The number of para-hydroxylation sites is 2. The number of aryl methyl sites for hydroxylation is 1. The lowest BCUT2D eigenvalue weighted by molar-refractivity contribution is 0.0410. The van der Waals surface area contributed by atoms with Crippen LogP contribution in [0.25, 0.3) is 16.9 Å². The van der Waals surface area contributed by atoms with Crippen molar-refractivity contribution in [3.05, 3.63) is 42.0 Å². The Bertz CT molecular complexity index is 1230. The minimum atomic E-state index is -2.71. The van der Waals surface area contributed by atoms with Crippen LogP contribution in [0.3, 0.4) is 0 Å². The molecule has 10 heteroatoms. The molecule has 1 atom stereocenters. The Kier molecular flexibility index (Phi) is 7.80. The van der Waals surface area contributed by atoms with Crippen LogP contribution in [0, 0.1) is 5.92 Å². The number of aromatic nitrogens is 4. The lowest BCUT2D eigenvalue weighted by Gasteiger charge is -2.31. The van der Waals surface area contributed by atoms with Gasteiger partial charge in [0.25, 0.3) is 6.43 Å². The van der Waals surface area contributed by atoms with Gasteiger partial charge >= 0.3 is 0 Å². The molecule has 0 N–H and O–H groups in total. The second-order valence-electron chi connectivity index (χ2n) is 10.6. The Labute approximate surface area is 222 Å². The largest absolute Gasteiger partial charge is 0.381 e. The minimum Gasteiger partial charge on any atom is -0.381 e. The number of morpholine rings is 1. The molecule has 3 fully saturated rings. The molecule has 3 aromatic rings. The van der Waals surface area contributed by atoms with E-state index in [9.17, 15) is 8.78 Å². The molecule has 0 bridgehead atoms. The highest BCUT2D eigenvalue weighted by Gasteiger charge is 2.29. The van der Waals surface area contributed by atoms with Crippen molar-refractivity contribution in [3.8, 4) is 5.82 Å². The van der Waals surface area contributed by atoms with E-state index in [-0.39, 0.29) is 5.82 Å². The van der Waals surface area contributed by atoms with E-state index in [1.54, 1.807) is 6.07 Å². The maximum Gasteiger partial charge on any atom is 0.296 e. The molecular weight excluding hydrogens is 490 g/mol. The van der Waals surface area contributed by atoms with E-state index in [0.29, 0.717) is 60.9 Å². The molecule has 3 saturated heterocycles. The molecule has 0 aliphatic carbocycles. The van der Waals surface area contributed by atoms with Crippen LogP contribution < -0.4 is 4.90 Å². The molecule has 3 aliphatic rings. The zero-order chi connectivity index (χ0) is 25.9. The number of hydrogen-bond donors (Lipinski definition) is 0. The summed E-state index contributed by atoms with van der Waals surface area (Å²) in [5.74, 6) is 2.30. The average Bonchev–Trinajstić information content (AvgIpc) is 3.59. The number of ether oxygens (including phenoxy) is 2. The molecule has 1 aromatic carbocycles. The molecule has 0 unspecified atom stereocenters. The van der Waals surface area contributed by atoms with Gasteiger partial charge in [-0.25, -0.2) is 23.7 Å². The van der Waals surface area contributed by atoms with E-state index < -0.39 is 6.43 Å². The average molecular weight is 527 g/mol. The number of nitrogens with zero attached hydrogens (tertiary/aromatic N) is 6. The molecule has 5 heterocycles. The molecular formula is C28H36F2N6O2. The summed E-state index contributed by atoms with van der Waals surface area (Å²) >= 11 is 0. The first-order valence-electron chi connectivity index (χ1n) is 13.9. The molecule has 8 nitrogen and oxygen atoms in total. The van der Waals surface area contributed by atoms with Crippen LogP contribution in [0.2, 0.25) is 0 Å². The maximum atomic E-state index is 14.1. The highest BCUT2D eigenvalue weighted by atomic mass is 19.3. The van der Waals surface area contributed by atoms with E-state index in [4.69, 9.17) is 19.4 Å². The third-order valence-electron chi connectivity index (χ3n) is 8.13. The van der Waals surface area contributed by atoms with E-state index in [1.807, 2.05) is 24.3 Å². The molecule has 6 rings (SSSR count). The summed E-state index contributed by atoms with van der Waals surface area (Å²) in [6, 6.07) is 9.71. The first-order valence-corrected chi connectivity index (χ1v) is 13.9. The van der Waals surface area contributed by atoms with Crippen molar-refractivity contribution in [3.63, 3.8) is 0 Å². The zero-order valence-corrected chi connectivity index (χ0v) is 21.8. The first kappa shape index (κ1) is 25.6. The highest BCUT2D eigenvalue weighted by molar-refractivity contribution is 5.78. The van der Waals surface area contributed by atoms with Gasteiger partial charge in [-0.2, -0.15) is 0 Å². The van der Waals surface area contributed by atoms with Crippen LogP contribution in [0.4, 0.5) is 14.6 Å². The quantitative estimate of drug-likeness (QED) is 0.431. The summed E-state index contributed by atoms with van der Waals surface area (Å²) in [4.78, 5) is 18.7. The standard InChI is InChI=1S/C28H36F2N6O2/c29-27(30)28-31-22-5-1-2-6-23(22)36(28)26-18-25(34-12-16-38-17-13-34)32-24(33-26)7-3-4-20-8-11-35(19-20)21-9-14-37-15-10-21/h1-2,5-6,18,20-21,27H,3-4,7-17,19H2/t20-/m0/s1. The fraction of sp³-hybridized carbons (Fsp3) is 0.607. The van der Waals surface area contributed by atoms with Gasteiger partial charge < -0.3 is 14.4 Å². The number of benzene rings is 1. The number of anilines is 1. The molecule has 2 aromatic heterocycles. The second kappa shape index (κ2) is 11.6.